The van der Waals surface area contributed by atoms with E-state index in [1.165, 1.54) is 13.8 Å². The molecule has 4 nitrogen and oxygen atoms in total. The lowest BCUT2D eigenvalue weighted by molar-refractivity contribution is -0.157. The SMILES string of the molecule is CC1(C)C(=O)NCCN1C(=O)C(F)F. The summed E-state index contributed by atoms with van der Waals surface area (Å²) in [7, 11) is 0. The smallest absolute Gasteiger partial charge is 0.315 e. The van der Waals surface area contributed by atoms with Crippen LogP contribution in [0.25, 0.3) is 0 Å². The van der Waals surface area contributed by atoms with Crippen LogP contribution in [0.1, 0.15) is 13.8 Å². The predicted molar refractivity (Wildman–Crippen MR) is 44.8 cm³/mol. The fraction of sp³-hybridized carbons (Fsp3) is 0.750. The van der Waals surface area contributed by atoms with E-state index in [-0.39, 0.29) is 13.1 Å². The number of amides is 2. The van der Waals surface area contributed by atoms with Crippen molar-refractivity contribution < 1.29 is 18.4 Å². The number of alkyl halides is 2. The molecule has 1 saturated heterocycles. The predicted octanol–water partition coefficient (Wildman–Crippen LogP) is -0.0115. The molecule has 0 spiro atoms. The average Bonchev–Trinajstić information content (AvgIpc) is 2.08. The van der Waals surface area contributed by atoms with E-state index < -0.39 is 23.8 Å². The van der Waals surface area contributed by atoms with Crippen LogP contribution < -0.4 is 5.32 Å². The van der Waals surface area contributed by atoms with Crippen LogP contribution in [0.2, 0.25) is 0 Å². The highest BCUT2D eigenvalue weighted by atomic mass is 19.3. The van der Waals surface area contributed by atoms with E-state index in [0.717, 1.165) is 4.90 Å². The van der Waals surface area contributed by atoms with Gasteiger partial charge in [-0.05, 0) is 13.8 Å². The van der Waals surface area contributed by atoms with Crippen molar-refractivity contribution in [3.8, 4) is 0 Å². The molecule has 0 radical (unpaired) electrons. The van der Waals surface area contributed by atoms with Gasteiger partial charge in [0.15, 0.2) is 0 Å². The van der Waals surface area contributed by atoms with Crippen LogP contribution in [0.3, 0.4) is 0 Å². The molecule has 0 aromatic rings. The second-order valence-corrected chi connectivity index (χ2v) is 3.61. The first-order chi connectivity index (χ1) is 6.37. The summed E-state index contributed by atoms with van der Waals surface area (Å²) in [6.07, 6.45) is -3.06. The molecule has 0 atom stereocenters. The summed E-state index contributed by atoms with van der Waals surface area (Å²) >= 11 is 0. The van der Waals surface area contributed by atoms with Crippen LogP contribution >= 0.6 is 0 Å². The van der Waals surface area contributed by atoms with Crippen LogP contribution in [0.15, 0.2) is 0 Å². The number of hydrogen-bond acceptors (Lipinski definition) is 2. The number of nitrogens with zero attached hydrogens (tertiary/aromatic N) is 1. The van der Waals surface area contributed by atoms with Gasteiger partial charge in [-0.15, -0.1) is 0 Å². The lowest BCUT2D eigenvalue weighted by Gasteiger charge is -2.40. The first-order valence-electron chi connectivity index (χ1n) is 4.25. The summed E-state index contributed by atoms with van der Waals surface area (Å²) in [4.78, 5) is 23.3. The minimum absolute atomic E-state index is 0.127. The molecule has 1 rings (SSSR count). The van der Waals surface area contributed by atoms with E-state index in [0.29, 0.717) is 0 Å². The second kappa shape index (κ2) is 3.51. The molecule has 0 saturated carbocycles. The van der Waals surface area contributed by atoms with Crippen molar-refractivity contribution in [1.29, 1.82) is 0 Å². The van der Waals surface area contributed by atoms with Crippen molar-refractivity contribution in [2.75, 3.05) is 13.1 Å². The van der Waals surface area contributed by atoms with Crippen molar-refractivity contribution in [3.63, 3.8) is 0 Å². The van der Waals surface area contributed by atoms with E-state index >= 15 is 0 Å². The van der Waals surface area contributed by atoms with Gasteiger partial charge in [-0.1, -0.05) is 0 Å². The lowest BCUT2D eigenvalue weighted by Crippen LogP contribution is -2.64. The van der Waals surface area contributed by atoms with Crippen LogP contribution in [-0.4, -0.2) is 41.8 Å². The first-order valence-corrected chi connectivity index (χ1v) is 4.25. The Morgan fingerprint density at radius 3 is 2.64 bits per heavy atom. The molecule has 1 aliphatic rings. The van der Waals surface area contributed by atoms with Crippen LogP contribution in [-0.2, 0) is 9.59 Å². The zero-order valence-corrected chi connectivity index (χ0v) is 8.01. The molecule has 0 unspecified atom stereocenters. The summed E-state index contributed by atoms with van der Waals surface area (Å²) < 4.78 is 24.3. The Balaban J connectivity index is 2.87. The first kappa shape index (κ1) is 10.9. The molecule has 2 amide bonds. The zero-order valence-electron chi connectivity index (χ0n) is 8.01. The molecule has 1 fully saturated rings. The number of carbonyl (C=O) groups excluding carboxylic acids is 2. The molecule has 1 N–H and O–H groups in total. The molecule has 1 heterocycles. The van der Waals surface area contributed by atoms with Crippen molar-refractivity contribution >= 4 is 11.8 Å². The van der Waals surface area contributed by atoms with E-state index in [1.807, 2.05) is 0 Å². The highest BCUT2D eigenvalue weighted by molar-refractivity contribution is 5.92. The number of hydrogen-bond donors (Lipinski definition) is 1. The third-order valence-electron chi connectivity index (χ3n) is 2.30. The Morgan fingerprint density at radius 1 is 1.57 bits per heavy atom. The van der Waals surface area contributed by atoms with Crippen LogP contribution in [0.5, 0.6) is 0 Å². The van der Waals surface area contributed by atoms with Gasteiger partial charge in [-0.2, -0.15) is 8.78 Å². The van der Waals surface area contributed by atoms with Gasteiger partial charge in [0.1, 0.15) is 5.54 Å². The maximum Gasteiger partial charge on any atom is 0.315 e. The minimum Gasteiger partial charge on any atom is -0.352 e. The molecule has 0 aromatic heterocycles. The van der Waals surface area contributed by atoms with Crippen molar-refractivity contribution in [2.24, 2.45) is 0 Å². The molecule has 0 bridgehead atoms. The fourth-order valence-corrected chi connectivity index (χ4v) is 1.40. The normalized spacial score (nSPS) is 20.9. The van der Waals surface area contributed by atoms with Crippen LogP contribution in [0.4, 0.5) is 8.78 Å². The van der Waals surface area contributed by atoms with Gasteiger partial charge < -0.3 is 10.2 Å². The lowest BCUT2D eigenvalue weighted by atomic mass is 9.99. The van der Waals surface area contributed by atoms with E-state index in [4.69, 9.17) is 0 Å². The van der Waals surface area contributed by atoms with E-state index in [1.54, 1.807) is 0 Å². The highest BCUT2D eigenvalue weighted by Crippen LogP contribution is 2.19. The number of nitrogens with one attached hydrogen (secondary N) is 1. The Bertz CT molecular complexity index is 266. The third-order valence-corrected chi connectivity index (χ3v) is 2.30. The van der Waals surface area contributed by atoms with Crippen molar-refractivity contribution in [1.82, 2.24) is 10.2 Å². The van der Waals surface area contributed by atoms with Gasteiger partial charge in [0.2, 0.25) is 5.91 Å². The Hall–Kier alpha value is -1.20. The molecular weight excluding hydrogens is 194 g/mol. The zero-order chi connectivity index (χ0) is 10.9. The molecule has 80 valence electrons. The molecular formula is C8H12F2N2O2. The molecule has 0 aliphatic carbocycles. The number of rotatable bonds is 1. The van der Waals surface area contributed by atoms with Gasteiger partial charge in [0.25, 0.3) is 5.91 Å². The molecule has 6 heteroatoms. The van der Waals surface area contributed by atoms with Gasteiger partial charge in [-0.25, -0.2) is 0 Å². The standard InChI is InChI=1S/C8H12F2N2O2/c1-8(2)7(14)11-3-4-12(8)6(13)5(9)10/h5H,3-4H2,1-2H3,(H,11,14). The molecule has 1 aliphatic heterocycles. The van der Waals surface area contributed by atoms with Crippen molar-refractivity contribution in [2.45, 2.75) is 25.8 Å². The van der Waals surface area contributed by atoms with E-state index in [9.17, 15) is 18.4 Å². The number of piperazine rings is 1. The summed E-state index contributed by atoms with van der Waals surface area (Å²) in [5.41, 5.74) is -1.19. The highest BCUT2D eigenvalue weighted by Gasteiger charge is 2.42. The van der Waals surface area contributed by atoms with Crippen LogP contribution in [0, 0.1) is 0 Å². The topological polar surface area (TPSA) is 49.4 Å². The maximum atomic E-state index is 12.2. The monoisotopic (exact) mass is 206 g/mol. The summed E-state index contributed by atoms with van der Waals surface area (Å²) in [5, 5.41) is 2.52. The Labute approximate surface area is 80.3 Å². The Kier molecular flexibility index (Phi) is 2.73. The maximum absolute atomic E-state index is 12.2. The fourth-order valence-electron chi connectivity index (χ4n) is 1.40. The van der Waals surface area contributed by atoms with Gasteiger partial charge in [0.05, 0.1) is 0 Å². The summed E-state index contributed by atoms with van der Waals surface area (Å²) in [6, 6.07) is 0. The summed E-state index contributed by atoms with van der Waals surface area (Å²) in [5.74, 6) is -1.69. The minimum atomic E-state index is -3.06. The molecule has 0 aromatic carbocycles. The largest absolute Gasteiger partial charge is 0.352 e. The second-order valence-electron chi connectivity index (χ2n) is 3.61. The molecule has 14 heavy (non-hydrogen) atoms. The quantitative estimate of drug-likeness (QED) is 0.656. The van der Waals surface area contributed by atoms with Gasteiger partial charge in [-0.3, -0.25) is 9.59 Å². The van der Waals surface area contributed by atoms with Gasteiger partial charge in [0, 0.05) is 13.1 Å². The Morgan fingerprint density at radius 2 is 2.14 bits per heavy atom. The number of carbonyl (C=O) groups is 2. The summed E-state index contributed by atoms with van der Waals surface area (Å²) in [6.45, 7) is 3.24. The van der Waals surface area contributed by atoms with Gasteiger partial charge >= 0.3 is 6.43 Å². The average molecular weight is 206 g/mol. The number of halogens is 2. The van der Waals surface area contributed by atoms with Crippen molar-refractivity contribution in [3.05, 3.63) is 0 Å². The third kappa shape index (κ3) is 1.69. The van der Waals surface area contributed by atoms with E-state index in [2.05, 4.69) is 5.32 Å².